The minimum Gasteiger partial charge on any atom is -0.355 e. The van der Waals surface area contributed by atoms with E-state index in [-0.39, 0.29) is 36.4 Å². The molecule has 1 fully saturated rings. The number of nitrogens with zero attached hydrogens (tertiary/aromatic N) is 2. The fourth-order valence-electron chi connectivity index (χ4n) is 3.80. The van der Waals surface area contributed by atoms with E-state index in [2.05, 4.69) is 68.3 Å². The molecule has 2 aromatic rings. The monoisotopic (exact) mass is 535 g/mol. The van der Waals surface area contributed by atoms with Gasteiger partial charge in [0.2, 0.25) is 5.91 Å². The number of hydrogen-bond acceptors (Lipinski definition) is 3. The molecule has 0 bridgehead atoms. The van der Waals surface area contributed by atoms with Crippen LogP contribution in [0.25, 0.3) is 0 Å². The van der Waals surface area contributed by atoms with Crippen molar-refractivity contribution in [3.8, 4) is 0 Å². The Hall–Kier alpha value is -2.13. The summed E-state index contributed by atoms with van der Waals surface area (Å²) in [5, 5.41) is 9.45. The average Bonchev–Trinajstić information content (AvgIpc) is 3.22. The largest absolute Gasteiger partial charge is 0.355 e. The van der Waals surface area contributed by atoms with Crippen molar-refractivity contribution in [1.82, 2.24) is 20.9 Å². The van der Waals surface area contributed by atoms with Crippen molar-refractivity contribution in [2.24, 2.45) is 4.99 Å². The summed E-state index contributed by atoms with van der Waals surface area (Å²) in [6.45, 7) is 3.77. The van der Waals surface area contributed by atoms with Crippen LogP contribution in [-0.4, -0.2) is 56.0 Å². The van der Waals surface area contributed by atoms with E-state index in [0.29, 0.717) is 18.5 Å². The number of aliphatic imine (C=N–C) groups is 1. The van der Waals surface area contributed by atoms with Gasteiger partial charge in [-0.05, 0) is 36.9 Å². The Morgan fingerprint density at radius 2 is 1.68 bits per heavy atom. The van der Waals surface area contributed by atoms with E-state index in [4.69, 9.17) is 0 Å². The van der Waals surface area contributed by atoms with Gasteiger partial charge in [0.1, 0.15) is 0 Å². The van der Waals surface area contributed by atoms with Crippen molar-refractivity contribution in [2.75, 3.05) is 33.2 Å². The Morgan fingerprint density at radius 1 is 1.00 bits per heavy atom. The molecule has 2 aromatic carbocycles. The van der Waals surface area contributed by atoms with Crippen LogP contribution in [-0.2, 0) is 17.8 Å². The van der Waals surface area contributed by atoms with Crippen molar-refractivity contribution in [3.63, 3.8) is 0 Å². The van der Waals surface area contributed by atoms with E-state index in [1.807, 2.05) is 18.2 Å². The lowest BCUT2D eigenvalue weighted by Crippen LogP contribution is -2.47. The van der Waals surface area contributed by atoms with Gasteiger partial charge in [0.05, 0.1) is 6.54 Å². The van der Waals surface area contributed by atoms with Crippen LogP contribution in [0.5, 0.6) is 0 Å². The van der Waals surface area contributed by atoms with Gasteiger partial charge in [0, 0.05) is 32.7 Å². The summed E-state index contributed by atoms with van der Waals surface area (Å²) in [6, 6.07) is 21.2. The summed E-state index contributed by atoms with van der Waals surface area (Å²) in [6.07, 6.45) is 3.23. The lowest BCUT2D eigenvalue weighted by atomic mass is 10.1. The third-order valence-electron chi connectivity index (χ3n) is 5.45. The van der Waals surface area contributed by atoms with Crippen LogP contribution in [0.4, 0.5) is 0 Å². The van der Waals surface area contributed by atoms with Gasteiger partial charge in [0.25, 0.3) is 0 Å². The number of likely N-dealkylation sites (tertiary alicyclic amines) is 1. The van der Waals surface area contributed by atoms with E-state index in [9.17, 15) is 4.79 Å². The first-order valence-electron chi connectivity index (χ1n) is 10.8. The summed E-state index contributed by atoms with van der Waals surface area (Å²) < 4.78 is 0. The number of rotatable bonds is 9. The third kappa shape index (κ3) is 8.86. The molecule has 1 unspecified atom stereocenters. The van der Waals surface area contributed by atoms with Crippen molar-refractivity contribution in [3.05, 3.63) is 71.8 Å². The molecule has 1 amide bonds. The minimum atomic E-state index is -0.0274. The maximum atomic E-state index is 12.1. The average molecular weight is 535 g/mol. The molecule has 6 nitrogen and oxygen atoms in total. The summed E-state index contributed by atoms with van der Waals surface area (Å²) in [5.41, 5.74) is 2.57. The van der Waals surface area contributed by atoms with E-state index in [1.54, 1.807) is 7.05 Å². The number of nitrogens with one attached hydrogen (secondary N) is 3. The molecular weight excluding hydrogens is 501 g/mol. The maximum Gasteiger partial charge on any atom is 0.239 e. The van der Waals surface area contributed by atoms with Crippen LogP contribution in [0, 0.1) is 0 Å². The SMILES string of the molecule is CN=C(NCC(=O)NCCc1ccccc1)NCC1CCCN1Cc1ccccc1.I. The highest BCUT2D eigenvalue weighted by Crippen LogP contribution is 2.19. The molecule has 1 aliphatic rings. The molecule has 1 saturated heterocycles. The molecule has 0 saturated carbocycles. The zero-order chi connectivity index (χ0) is 21.0. The molecule has 7 heteroatoms. The van der Waals surface area contributed by atoms with Crippen LogP contribution in [0.1, 0.15) is 24.0 Å². The van der Waals surface area contributed by atoms with E-state index in [1.165, 1.54) is 24.0 Å². The number of halogens is 1. The van der Waals surface area contributed by atoms with Gasteiger partial charge in [-0.2, -0.15) is 0 Å². The summed E-state index contributed by atoms with van der Waals surface area (Å²) >= 11 is 0. The molecule has 0 spiro atoms. The van der Waals surface area contributed by atoms with Crippen LogP contribution in [0.15, 0.2) is 65.7 Å². The van der Waals surface area contributed by atoms with Gasteiger partial charge in [-0.15, -0.1) is 24.0 Å². The first kappa shape index (κ1) is 25.1. The smallest absolute Gasteiger partial charge is 0.239 e. The summed E-state index contributed by atoms with van der Waals surface area (Å²) in [7, 11) is 1.74. The highest BCUT2D eigenvalue weighted by Gasteiger charge is 2.24. The molecule has 0 aliphatic carbocycles. The fraction of sp³-hybridized carbons (Fsp3) is 0.417. The van der Waals surface area contributed by atoms with Crippen molar-refractivity contribution in [1.29, 1.82) is 0 Å². The number of guanidine groups is 1. The predicted octanol–water partition coefficient (Wildman–Crippen LogP) is 2.79. The van der Waals surface area contributed by atoms with E-state index >= 15 is 0 Å². The highest BCUT2D eigenvalue weighted by molar-refractivity contribution is 14.0. The van der Waals surface area contributed by atoms with Crippen molar-refractivity contribution in [2.45, 2.75) is 31.8 Å². The highest BCUT2D eigenvalue weighted by atomic mass is 127. The second kappa shape index (κ2) is 14.0. The molecular formula is C24H34IN5O. The standard InChI is InChI=1S/C24H33N5O.HI/c1-25-24(28-18-23(30)26-15-14-20-9-4-2-5-10-20)27-17-22-13-8-16-29(22)19-21-11-6-3-7-12-21;/h2-7,9-12,22H,8,13-19H2,1H3,(H,26,30)(H2,25,27,28);1H. The number of amides is 1. The van der Waals surface area contributed by atoms with Gasteiger partial charge in [-0.25, -0.2) is 0 Å². The quantitative estimate of drug-likeness (QED) is 0.263. The molecule has 1 aliphatic heterocycles. The summed E-state index contributed by atoms with van der Waals surface area (Å²) in [5.74, 6) is 0.639. The van der Waals surface area contributed by atoms with Gasteiger partial charge in [0.15, 0.2) is 5.96 Å². The molecule has 168 valence electrons. The fourth-order valence-corrected chi connectivity index (χ4v) is 3.80. The number of carbonyl (C=O) groups is 1. The Bertz CT molecular complexity index is 800. The second-order valence-electron chi connectivity index (χ2n) is 7.64. The molecule has 1 atom stereocenters. The number of benzene rings is 2. The van der Waals surface area contributed by atoms with Gasteiger partial charge in [-0.3, -0.25) is 14.7 Å². The van der Waals surface area contributed by atoms with Crippen molar-refractivity contribution >= 4 is 35.8 Å². The Labute approximate surface area is 202 Å². The van der Waals surface area contributed by atoms with E-state index in [0.717, 1.165) is 26.1 Å². The van der Waals surface area contributed by atoms with E-state index < -0.39 is 0 Å². The second-order valence-corrected chi connectivity index (χ2v) is 7.64. The minimum absolute atomic E-state index is 0. The molecule has 3 N–H and O–H groups in total. The van der Waals surface area contributed by atoms with Crippen LogP contribution >= 0.6 is 24.0 Å². The lowest BCUT2D eigenvalue weighted by molar-refractivity contribution is -0.119. The van der Waals surface area contributed by atoms with Crippen LogP contribution in [0.3, 0.4) is 0 Å². The first-order chi connectivity index (χ1) is 14.7. The predicted molar refractivity (Wildman–Crippen MR) is 138 cm³/mol. The Balaban J connectivity index is 0.00000341. The molecule has 1 heterocycles. The number of hydrogen-bond donors (Lipinski definition) is 3. The van der Waals surface area contributed by atoms with Gasteiger partial charge in [-0.1, -0.05) is 60.7 Å². The molecule has 0 radical (unpaired) electrons. The zero-order valence-electron chi connectivity index (χ0n) is 18.2. The topological polar surface area (TPSA) is 68.8 Å². The zero-order valence-corrected chi connectivity index (χ0v) is 20.5. The lowest BCUT2D eigenvalue weighted by Gasteiger charge is -2.25. The Morgan fingerprint density at radius 3 is 2.35 bits per heavy atom. The Kier molecular flexibility index (Phi) is 11.4. The molecule has 3 rings (SSSR count). The number of carbonyl (C=O) groups excluding carboxylic acids is 1. The molecule has 31 heavy (non-hydrogen) atoms. The third-order valence-corrected chi connectivity index (χ3v) is 5.45. The van der Waals surface area contributed by atoms with Crippen LogP contribution in [0.2, 0.25) is 0 Å². The first-order valence-corrected chi connectivity index (χ1v) is 10.8. The van der Waals surface area contributed by atoms with Crippen LogP contribution < -0.4 is 16.0 Å². The molecule has 0 aromatic heterocycles. The maximum absolute atomic E-state index is 12.1. The summed E-state index contributed by atoms with van der Waals surface area (Å²) in [4.78, 5) is 18.9. The van der Waals surface area contributed by atoms with Gasteiger partial charge < -0.3 is 16.0 Å². The van der Waals surface area contributed by atoms with Gasteiger partial charge >= 0.3 is 0 Å². The normalized spacial score (nSPS) is 16.4. The van der Waals surface area contributed by atoms with Crippen molar-refractivity contribution < 1.29 is 4.79 Å².